The molecule has 0 aromatic heterocycles. The summed E-state index contributed by atoms with van der Waals surface area (Å²) in [7, 11) is 1.38. The lowest BCUT2D eigenvalue weighted by molar-refractivity contribution is 0.101. The summed E-state index contributed by atoms with van der Waals surface area (Å²) in [6, 6.07) is 4.33. The molecule has 0 atom stereocenters. The number of halogens is 1. The largest absolute Gasteiger partial charge is 0.507 e. The van der Waals surface area contributed by atoms with Gasteiger partial charge in [0, 0.05) is 6.07 Å². The van der Waals surface area contributed by atoms with Gasteiger partial charge in [0.15, 0.2) is 5.78 Å². The molecule has 0 bridgehead atoms. The van der Waals surface area contributed by atoms with E-state index >= 15 is 0 Å². The summed E-state index contributed by atoms with van der Waals surface area (Å²) in [6.07, 6.45) is 0. The van der Waals surface area contributed by atoms with Gasteiger partial charge < -0.3 is 9.84 Å². The van der Waals surface area contributed by atoms with Crippen molar-refractivity contribution in [3.8, 4) is 17.6 Å². The third-order valence-corrected chi connectivity index (χ3v) is 2.10. The van der Waals surface area contributed by atoms with Crippen molar-refractivity contribution < 1.29 is 14.6 Å². The maximum absolute atomic E-state index is 11.3. The van der Waals surface area contributed by atoms with Crippen LogP contribution in [0.4, 0.5) is 0 Å². The SMILES string of the molecule is COc1cc(C(=O)CCl)c(O)cc1C#N. The van der Waals surface area contributed by atoms with Gasteiger partial charge in [0.1, 0.15) is 17.6 Å². The van der Waals surface area contributed by atoms with Gasteiger partial charge in [-0.1, -0.05) is 0 Å². The summed E-state index contributed by atoms with van der Waals surface area (Å²) in [5.74, 6) is -0.679. The fourth-order valence-electron chi connectivity index (χ4n) is 1.12. The van der Waals surface area contributed by atoms with Crippen LogP contribution in [0.2, 0.25) is 0 Å². The van der Waals surface area contributed by atoms with Crippen LogP contribution in [0.15, 0.2) is 12.1 Å². The van der Waals surface area contributed by atoms with Crippen LogP contribution in [-0.2, 0) is 0 Å². The molecule has 0 spiro atoms. The van der Waals surface area contributed by atoms with Gasteiger partial charge in [-0.3, -0.25) is 4.79 Å². The van der Waals surface area contributed by atoms with Crippen LogP contribution in [0, 0.1) is 11.3 Å². The second kappa shape index (κ2) is 4.67. The minimum atomic E-state index is -0.419. The molecule has 0 heterocycles. The summed E-state index contributed by atoms with van der Waals surface area (Å²) in [6.45, 7) is 0. The number of benzene rings is 1. The number of ketones is 1. The maximum Gasteiger partial charge on any atom is 0.181 e. The topological polar surface area (TPSA) is 70.3 Å². The fourth-order valence-corrected chi connectivity index (χ4v) is 1.26. The standard InChI is InChI=1S/C10H8ClNO3/c1-15-10-3-7(9(14)4-11)8(13)2-6(10)5-12/h2-3,13H,4H2,1H3. The van der Waals surface area contributed by atoms with Crippen LogP contribution < -0.4 is 4.74 Å². The number of phenolic OH excluding ortho intramolecular Hbond substituents is 1. The zero-order valence-corrected chi connectivity index (χ0v) is 8.71. The number of carbonyl (C=O) groups excluding carboxylic acids is 1. The van der Waals surface area contributed by atoms with E-state index in [1.54, 1.807) is 0 Å². The first-order valence-corrected chi connectivity index (χ1v) is 4.57. The normalized spacial score (nSPS) is 9.40. The molecule has 0 fully saturated rings. The fraction of sp³-hybridized carbons (Fsp3) is 0.200. The molecular weight excluding hydrogens is 218 g/mol. The number of phenols is 1. The van der Waals surface area contributed by atoms with E-state index in [4.69, 9.17) is 21.6 Å². The molecule has 0 saturated carbocycles. The number of ether oxygens (including phenoxy) is 1. The van der Waals surface area contributed by atoms with Crippen molar-refractivity contribution in [2.45, 2.75) is 0 Å². The highest BCUT2D eigenvalue weighted by Gasteiger charge is 2.14. The first-order valence-electron chi connectivity index (χ1n) is 4.04. The molecule has 15 heavy (non-hydrogen) atoms. The Hall–Kier alpha value is -1.73. The number of nitriles is 1. The molecule has 0 unspecified atom stereocenters. The van der Waals surface area contributed by atoms with E-state index in [-0.39, 0.29) is 28.5 Å². The minimum Gasteiger partial charge on any atom is -0.507 e. The molecule has 0 saturated heterocycles. The molecule has 0 radical (unpaired) electrons. The van der Waals surface area contributed by atoms with Crippen molar-refractivity contribution in [3.63, 3.8) is 0 Å². The predicted molar refractivity (Wildman–Crippen MR) is 54.4 cm³/mol. The molecule has 1 aromatic rings. The molecule has 1 aromatic carbocycles. The summed E-state index contributed by atoms with van der Waals surface area (Å²) in [5, 5.41) is 18.2. The number of aromatic hydroxyl groups is 1. The number of Topliss-reactive ketones (excluding diaryl/α,β-unsaturated/α-hetero) is 1. The molecule has 4 nitrogen and oxygen atoms in total. The predicted octanol–water partition coefficient (Wildman–Crippen LogP) is 1.69. The monoisotopic (exact) mass is 225 g/mol. The third-order valence-electron chi connectivity index (χ3n) is 1.86. The van der Waals surface area contributed by atoms with Crippen molar-refractivity contribution in [3.05, 3.63) is 23.3 Å². The van der Waals surface area contributed by atoms with Gasteiger partial charge in [-0.15, -0.1) is 11.6 Å². The van der Waals surface area contributed by atoms with Crippen LogP contribution in [0.25, 0.3) is 0 Å². The first kappa shape index (κ1) is 11.3. The van der Waals surface area contributed by atoms with Gasteiger partial charge in [0.2, 0.25) is 0 Å². The Morgan fingerprint density at radius 3 is 2.80 bits per heavy atom. The third kappa shape index (κ3) is 2.20. The van der Waals surface area contributed by atoms with Crippen molar-refractivity contribution in [2.24, 2.45) is 0 Å². The number of nitrogens with zero attached hydrogens (tertiary/aromatic N) is 1. The second-order valence-corrected chi connectivity index (χ2v) is 3.01. The van der Waals surface area contributed by atoms with Gasteiger partial charge in [0.25, 0.3) is 0 Å². The highest BCUT2D eigenvalue weighted by atomic mass is 35.5. The summed E-state index contributed by atoms with van der Waals surface area (Å²) >= 11 is 5.36. The van der Waals surface area contributed by atoms with E-state index in [1.807, 2.05) is 6.07 Å². The molecule has 0 aliphatic carbocycles. The average Bonchev–Trinajstić information content (AvgIpc) is 2.27. The van der Waals surface area contributed by atoms with E-state index in [9.17, 15) is 9.90 Å². The van der Waals surface area contributed by atoms with Crippen LogP contribution in [0.3, 0.4) is 0 Å². The maximum atomic E-state index is 11.3. The number of rotatable bonds is 3. The second-order valence-electron chi connectivity index (χ2n) is 2.74. The van der Waals surface area contributed by atoms with Gasteiger partial charge in [-0.05, 0) is 6.07 Å². The number of carbonyl (C=O) groups is 1. The number of hydrogen-bond acceptors (Lipinski definition) is 4. The minimum absolute atomic E-state index is 0.0563. The lowest BCUT2D eigenvalue weighted by Gasteiger charge is -2.06. The zero-order chi connectivity index (χ0) is 11.4. The molecule has 1 N–H and O–H groups in total. The van der Waals surface area contributed by atoms with Gasteiger partial charge >= 0.3 is 0 Å². The van der Waals surface area contributed by atoms with E-state index in [0.717, 1.165) is 0 Å². The molecule has 5 heteroatoms. The van der Waals surface area contributed by atoms with E-state index in [0.29, 0.717) is 0 Å². The van der Waals surface area contributed by atoms with Crippen LogP contribution in [-0.4, -0.2) is 23.9 Å². The van der Waals surface area contributed by atoms with Crippen molar-refractivity contribution in [1.82, 2.24) is 0 Å². The smallest absolute Gasteiger partial charge is 0.181 e. The Morgan fingerprint density at radius 2 is 2.33 bits per heavy atom. The molecule has 0 aliphatic rings. The van der Waals surface area contributed by atoms with Crippen LogP contribution in [0.1, 0.15) is 15.9 Å². The Kier molecular flexibility index (Phi) is 3.53. The molecular formula is C10H8ClNO3. The summed E-state index contributed by atoms with van der Waals surface area (Å²) in [5.41, 5.74) is 0.224. The van der Waals surface area contributed by atoms with Crippen molar-refractivity contribution in [1.29, 1.82) is 5.26 Å². The van der Waals surface area contributed by atoms with Crippen LogP contribution >= 0.6 is 11.6 Å². The average molecular weight is 226 g/mol. The molecule has 78 valence electrons. The Labute approximate surface area is 91.7 Å². The summed E-state index contributed by atoms with van der Waals surface area (Å²) in [4.78, 5) is 11.3. The molecule has 0 aliphatic heterocycles. The van der Waals surface area contributed by atoms with Gasteiger partial charge in [-0.25, -0.2) is 0 Å². The molecule has 1 rings (SSSR count). The van der Waals surface area contributed by atoms with Gasteiger partial charge in [0.05, 0.1) is 24.1 Å². The van der Waals surface area contributed by atoms with Crippen LogP contribution in [0.5, 0.6) is 11.5 Å². The summed E-state index contributed by atoms with van der Waals surface area (Å²) < 4.78 is 4.90. The van der Waals surface area contributed by atoms with E-state index in [1.165, 1.54) is 19.2 Å². The number of methoxy groups -OCH3 is 1. The molecule has 0 amide bonds. The lowest BCUT2D eigenvalue weighted by atomic mass is 10.1. The quantitative estimate of drug-likeness (QED) is 0.628. The number of alkyl halides is 1. The van der Waals surface area contributed by atoms with Crippen molar-refractivity contribution in [2.75, 3.05) is 13.0 Å². The van der Waals surface area contributed by atoms with E-state index < -0.39 is 5.78 Å². The Morgan fingerprint density at radius 1 is 1.67 bits per heavy atom. The first-order chi connectivity index (χ1) is 7.13. The van der Waals surface area contributed by atoms with E-state index in [2.05, 4.69) is 0 Å². The Bertz CT molecular complexity index is 437. The highest BCUT2D eigenvalue weighted by molar-refractivity contribution is 6.30. The van der Waals surface area contributed by atoms with Crippen molar-refractivity contribution >= 4 is 17.4 Å². The van der Waals surface area contributed by atoms with Gasteiger partial charge in [-0.2, -0.15) is 5.26 Å². The zero-order valence-electron chi connectivity index (χ0n) is 7.95. The lowest BCUT2D eigenvalue weighted by Crippen LogP contribution is -2.02. The highest BCUT2D eigenvalue weighted by Crippen LogP contribution is 2.27. The Balaban J connectivity index is 3.33. The number of hydrogen-bond donors (Lipinski definition) is 1.